The van der Waals surface area contributed by atoms with Gasteiger partial charge in [0.2, 0.25) is 0 Å². The highest BCUT2D eigenvalue weighted by Gasteiger charge is 2.15. The maximum atomic E-state index is 13.1. The molecule has 1 aliphatic heterocycles. The molecule has 33 heavy (non-hydrogen) atoms. The van der Waals surface area contributed by atoms with Gasteiger partial charge in [-0.05, 0) is 47.5 Å². The Morgan fingerprint density at radius 3 is 2.42 bits per heavy atom. The second-order valence-corrected chi connectivity index (χ2v) is 8.44. The molecule has 0 aliphatic carbocycles. The molecule has 4 rings (SSSR count). The number of benzene rings is 3. The van der Waals surface area contributed by atoms with Gasteiger partial charge in [-0.15, -0.1) is 0 Å². The van der Waals surface area contributed by atoms with E-state index < -0.39 is 0 Å². The summed E-state index contributed by atoms with van der Waals surface area (Å²) < 4.78 is 29.9. The molecule has 0 spiro atoms. The van der Waals surface area contributed by atoms with Crippen molar-refractivity contribution in [3.8, 4) is 11.5 Å². The van der Waals surface area contributed by atoms with E-state index in [1.807, 2.05) is 24.3 Å². The fourth-order valence-corrected chi connectivity index (χ4v) is 4.12. The maximum Gasteiger partial charge on any atom is 0.163 e. The number of halogens is 3. The van der Waals surface area contributed by atoms with Gasteiger partial charge in [0.15, 0.2) is 11.5 Å². The molecule has 1 heterocycles. The van der Waals surface area contributed by atoms with Crippen LogP contribution in [0.2, 0.25) is 10.0 Å². The SMILES string of the molecule is COc1cc(CNc2ccc(N3CCOCC3)c(Cl)c2)c(Cl)cc1OCc1ccc(F)cc1. The highest BCUT2D eigenvalue weighted by Crippen LogP contribution is 2.35. The summed E-state index contributed by atoms with van der Waals surface area (Å²) in [5.41, 5.74) is 3.60. The first kappa shape index (κ1) is 23.5. The van der Waals surface area contributed by atoms with Crippen LogP contribution in [0.4, 0.5) is 15.8 Å². The van der Waals surface area contributed by atoms with Gasteiger partial charge in [-0.1, -0.05) is 35.3 Å². The average Bonchev–Trinajstić information content (AvgIpc) is 2.83. The van der Waals surface area contributed by atoms with Crippen molar-refractivity contribution in [2.75, 3.05) is 43.6 Å². The number of ether oxygens (including phenoxy) is 3. The van der Waals surface area contributed by atoms with Gasteiger partial charge >= 0.3 is 0 Å². The van der Waals surface area contributed by atoms with Gasteiger partial charge in [0, 0.05) is 36.4 Å². The lowest BCUT2D eigenvalue weighted by molar-refractivity contribution is 0.122. The van der Waals surface area contributed by atoms with E-state index in [0.29, 0.717) is 41.3 Å². The monoisotopic (exact) mass is 490 g/mol. The highest BCUT2D eigenvalue weighted by molar-refractivity contribution is 6.33. The van der Waals surface area contributed by atoms with Crippen LogP contribution < -0.4 is 19.7 Å². The van der Waals surface area contributed by atoms with Crippen molar-refractivity contribution in [3.63, 3.8) is 0 Å². The molecule has 174 valence electrons. The quantitative estimate of drug-likeness (QED) is 0.408. The number of nitrogens with zero attached hydrogens (tertiary/aromatic N) is 1. The summed E-state index contributed by atoms with van der Waals surface area (Å²) in [5, 5.41) is 4.60. The van der Waals surface area contributed by atoms with Gasteiger partial charge in [0.1, 0.15) is 12.4 Å². The lowest BCUT2D eigenvalue weighted by atomic mass is 10.1. The Balaban J connectivity index is 1.41. The topological polar surface area (TPSA) is 43.0 Å². The molecule has 1 N–H and O–H groups in total. The summed E-state index contributed by atoms with van der Waals surface area (Å²) in [6.07, 6.45) is 0. The van der Waals surface area contributed by atoms with E-state index in [1.165, 1.54) is 12.1 Å². The predicted molar refractivity (Wildman–Crippen MR) is 131 cm³/mol. The first-order chi connectivity index (χ1) is 16.0. The number of morpholine rings is 1. The Labute approximate surface area is 203 Å². The van der Waals surface area contributed by atoms with E-state index in [-0.39, 0.29) is 12.4 Å². The number of hydrogen-bond donors (Lipinski definition) is 1. The third kappa shape index (κ3) is 6.02. The van der Waals surface area contributed by atoms with Crippen molar-refractivity contribution >= 4 is 34.6 Å². The molecule has 0 unspecified atom stereocenters. The summed E-state index contributed by atoms with van der Waals surface area (Å²) in [6, 6.07) is 15.7. The predicted octanol–water partition coefficient (Wildman–Crippen LogP) is 6.17. The summed E-state index contributed by atoms with van der Waals surface area (Å²) in [4.78, 5) is 2.22. The molecule has 0 radical (unpaired) electrons. The van der Waals surface area contributed by atoms with Crippen LogP contribution >= 0.6 is 23.2 Å². The van der Waals surface area contributed by atoms with Gasteiger partial charge in [-0.3, -0.25) is 0 Å². The first-order valence-electron chi connectivity index (χ1n) is 10.6. The van der Waals surface area contributed by atoms with Crippen LogP contribution in [0.5, 0.6) is 11.5 Å². The molecule has 8 heteroatoms. The number of nitrogens with one attached hydrogen (secondary N) is 1. The highest BCUT2D eigenvalue weighted by atomic mass is 35.5. The van der Waals surface area contributed by atoms with Crippen molar-refractivity contribution in [2.24, 2.45) is 0 Å². The Hall–Kier alpha value is -2.67. The summed E-state index contributed by atoms with van der Waals surface area (Å²) in [5.74, 6) is 0.806. The molecule has 0 amide bonds. The van der Waals surface area contributed by atoms with Crippen LogP contribution in [0.1, 0.15) is 11.1 Å². The lowest BCUT2D eigenvalue weighted by Gasteiger charge is -2.29. The van der Waals surface area contributed by atoms with Crippen LogP contribution in [0.25, 0.3) is 0 Å². The molecule has 1 aliphatic rings. The van der Waals surface area contributed by atoms with E-state index in [9.17, 15) is 4.39 Å². The largest absolute Gasteiger partial charge is 0.493 e. The second kappa shape index (κ2) is 11.0. The fourth-order valence-electron chi connectivity index (χ4n) is 3.60. The van der Waals surface area contributed by atoms with Gasteiger partial charge in [-0.25, -0.2) is 4.39 Å². The molecule has 0 aromatic heterocycles. The Bertz CT molecular complexity index is 1090. The van der Waals surface area contributed by atoms with Crippen molar-refractivity contribution in [3.05, 3.63) is 81.6 Å². The Morgan fingerprint density at radius 2 is 1.73 bits per heavy atom. The molecular formula is C25H25Cl2FN2O3. The zero-order chi connectivity index (χ0) is 23.2. The minimum atomic E-state index is -0.284. The van der Waals surface area contributed by atoms with Crippen molar-refractivity contribution < 1.29 is 18.6 Å². The van der Waals surface area contributed by atoms with Crippen LogP contribution in [0.3, 0.4) is 0 Å². The molecule has 1 saturated heterocycles. The molecule has 3 aromatic rings. The number of methoxy groups -OCH3 is 1. The van der Waals surface area contributed by atoms with Crippen LogP contribution in [0.15, 0.2) is 54.6 Å². The van der Waals surface area contributed by atoms with E-state index >= 15 is 0 Å². The van der Waals surface area contributed by atoms with E-state index in [2.05, 4.69) is 10.2 Å². The summed E-state index contributed by atoms with van der Waals surface area (Å²) >= 11 is 13.0. The van der Waals surface area contributed by atoms with E-state index in [0.717, 1.165) is 35.6 Å². The zero-order valence-electron chi connectivity index (χ0n) is 18.2. The molecule has 0 bridgehead atoms. The van der Waals surface area contributed by atoms with Gasteiger partial charge in [0.05, 0.1) is 31.0 Å². The standard InChI is InChI=1S/C25H25Cl2FN2O3/c1-31-24-12-18(21(26)14-25(24)33-16-17-2-4-19(28)5-3-17)15-29-20-6-7-23(22(27)13-20)30-8-10-32-11-9-30/h2-7,12-14,29H,8-11,15-16H2,1H3. The normalized spacial score (nSPS) is 13.6. The number of rotatable bonds is 8. The fraction of sp³-hybridized carbons (Fsp3) is 0.280. The Morgan fingerprint density at radius 1 is 0.970 bits per heavy atom. The lowest BCUT2D eigenvalue weighted by Crippen LogP contribution is -2.36. The van der Waals surface area contributed by atoms with E-state index in [1.54, 1.807) is 25.3 Å². The van der Waals surface area contributed by atoms with Crippen molar-refractivity contribution in [1.29, 1.82) is 0 Å². The third-order valence-electron chi connectivity index (χ3n) is 5.42. The number of anilines is 2. The van der Waals surface area contributed by atoms with Crippen LogP contribution in [0, 0.1) is 5.82 Å². The van der Waals surface area contributed by atoms with Gasteiger partial charge in [-0.2, -0.15) is 0 Å². The van der Waals surface area contributed by atoms with Gasteiger partial charge in [0.25, 0.3) is 0 Å². The van der Waals surface area contributed by atoms with Crippen molar-refractivity contribution in [1.82, 2.24) is 0 Å². The van der Waals surface area contributed by atoms with Gasteiger partial charge < -0.3 is 24.4 Å². The molecule has 5 nitrogen and oxygen atoms in total. The summed E-state index contributed by atoms with van der Waals surface area (Å²) in [7, 11) is 1.58. The Kier molecular flexibility index (Phi) is 7.81. The zero-order valence-corrected chi connectivity index (χ0v) is 19.8. The average molecular weight is 491 g/mol. The molecular weight excluding hydrogens is 466 g/mol. The number of hydrogen-bond acceptors (Lipinski definition) is 5. The third-order valence-corrected chi connectivity index (χ3v) is 6.08. The van der Waals surface area contributed by atoms with Crippen LogP contribution in [-0.4, -0.2) is 33.4 Å². The minimum Gasteiger partial charge on any atom is -0.493 e. The molecule has 0 saturated carbocycles. The molecule has 3 aromatic carbocycles. The second-order valence-electron chi connectivity index (χ2n) is 7.63. The maximum absolute atomic E-state index is 13.1. The van der Waals surface area contributed by atoms with Crippen LogP contribution in [-0.2, 0) is 17.9 Å². The van der Waals surface area contributed by atoms with Crippen molar-refractivity contribution in [2.45, 2.75) is 13.2 Å². The molecule has 1 fully saturated rings. The summed E-state index contributed by atoms with van der Waals surface area (Å²) in [6.45, 7) is 3.84. The minimum absolute atomic E-state index is 0.276. The first-order valence-corrected chi connectivity index (χ1v) is 11.4. The van der Waals surface area contributed by atoms with E-state index in [4.69, 9.17) is 37.4 Å². The smallest absolute Gasteiger partial charge is 0.163 e. The molecule has 0 atom stereocenters.